The topological polar surface area (TPSA) is 39.7 Å². The SMILES string of the molecule is CCNC(=NCC1CCN(CC)C1)NC1CC1.I. The second kappa shape index (κ2) is 8.19. The molecule has 0 amide bonds. The maximum Gasteiger partial charge on any atom is 0.191 e. The van der Waals surface area contributed by atoms with Crippen molar-refractivity contribution in [2.45, 2.75) is 39.2 Å². The van der Waals surface area contributed by atoms with Crippen LogP contribution in [0.5, 0.6) is 0 Å². The number of nitrogens with zero attached hydrogens (tertiary/aromatic N) is 2. The summed E-state index contributed by atoms with van der Waals surface area (Å²) in [4.78, 5) is 7.23. The van der Waals surface area contributed by atoms with Gasteiger partial charge in [0.15, 0.2) is 5.96 Å². The summed E-state index contributed by atoms with van der Waals surface area (Å²) in [6, 6.07) is 0.684. The van der Waals surface area contributed by atoms with Gasteiger partial charge in [-0.1, -0.05) is 6.92 Å². The number of guanidine groups is 1. The minimum Gasteiger partial charge on any atom is -0.357 e. The van der Waals surface area contributed by atoms with Crippen molar-refractivity contribution in [1.29, 1.82) is 0 Å². The first kappa shape index (κ1) is 16.0. The third kappa shape index (κ3) is 5.30. The van der Waals surface area contributed by atoms with Crippen LogP contribution in [0.2, 0.25) is 0 Å². The molecule has 0 aromatic heterocycles. The quantitative estimate of drug-likeness (QED) is 0.442. The van der Waals surface area contributed by atoms with Gasteiger partial charge in [-0.15, -0.1) is 24.0 Å². The highest BCUT2D eigenvalue weighted by atomic mass is 127. The maximum absolute atomic E-state index is 4.71. The van der Waals surface area contributed by atoms with Crippen molar-refractivity contribution in [2.75, 3.05) is 32.7 Å². The second-order valence-electron chi connectivity index (χ2n) is 5.19. The van der Waals surface area contributed by atoms with Gasteiger partial charge in [-0.25, -0.2) is 0 Å². The fourth-order valence-corrected chi connectivity index (χ4v) is 2.31. The predicted molar refractivity (Wildman–Crippen MR) is 87.8 cm³/mol. The molecular weight excluding hydrogens is 339 g/mol. The molecule has 1 atom stereocenters. The highest BCUT2D eigenvalue weighted by molar-refractivity contribution is 14.0. The number of halogens is 1. The molecule has 1 heterocycles. The lowest BCUT2D eigenvalue weighted by atomic mass is 10.1. The average molecular weight is 366 g/mol. The summed E-state index contributed by atoms with van der Waals surface area (Å²) in [5.74, 6) is 1.77. The summed E-state index contributed by atoms with van der Waals surface area (Å²) in [6.45, 7) is 9.94. The normalized spacial score (nSPS) is 24.8. The van der Waals surface area contributed by atoms with Crippen LogP contribution in [0.1, 0.15) is 33.1 Å². The van der Waals surface area contributed by atoms with Crippen molar-refractivity contribution >= 4 is 29.9 Å². The first-order valence-corrected chi connectivity index (χ1v) is 7.09. The van der Waals surface area contributed by atoms with E-state index in [-0.39, 0.29) is 24.0 Å². The van der Waals surface area contributed by atoms with Gasteiger partial charge >= 0.3 is 0 Å². The van der Waals surface area contributed by atoms with Crippen LogP contribution in [0.25, 0.3) is 0 Å². The highest BCUT2D eigenvalue weighted by Crippen LogP contribution is 2.19. The first-order valence-electron chi connectivity index (χ1n) is 7.09. The van der Waals surface area contributed by atoms with Gasteiger partial charge in [0.1, 0.15) is 0 Å². The summed E-state index contributed by atoms with van der Waals surface area (Å²) in [7, 11) is 0. The van der Waals surface area contributed by atoms with Gasteiger partial charge in [0.25, 0.3) is 0 Å². The zero-order valence-corrected chi connectivity index (χ0v) is 13.9. The zero-order chi connectivity index (χ0) is 12.1. The maximum atomic E-state index is 4.71. The summed E-state index contributed by atoms with van der Waals surface area (Å²) in [6.07, 6.45) is 3.91. The molecule has 1 saturated carbocycles. The Hall–Kier alpha value is -0.0400. The third-order valence-electron chi connectivity index (χ3n) is 3.59. The molecule has 1 aliphatic carbocycles. The molecule has 1 aliphatic heterocycles. The Bertz CT molecular complexity index is 266. The molecule has 106 valence electrons. The van der Waals surface area contributed by atoms with E-state index in [0.717, 1.165) is 25.0 Å². The van der Waals surface area contributed by atoms with Crippen molar-refractivity contribution in [1.82, 2.24) is 15.5 Å². The predicted octanol–water partition coefficient (Wildman–Crippen LogP) is 1.66. The molecule has 0 radical (unpaired) electrons. The molecule has 2 aliphatic rings. The molecular formula is C13H27IN4. The van der Waals surface area contributed by atoms with E-state index in [1.54, 1.807) is 0 Å². The minimum absolute atomic E-state index is 0. The summed E-state index contributed by atoms with van der Waals surface area (Å²) < 4.78 is 0. The number of likely N-dealkylation sites (tertiary alicyclic amines) is 1. The highest BCUT2D eigenvalue weighted by Gasteiger charge is 2.23. The van der Waals surface area contributed by atoms with Gasteiger partial charge in [0.05, 0.1) is 0 Å². The van der Waals surface area contributed by atoms with Crippen LogP contribution in [-0.4, -0.2) is 49.6 Å². The summed E-state index contributed by atoms with van der Waals surface area (Å²) in [5, 5.41) is 6.79. The van der Waals surface area contributed by atoms with Gasteiger partial charge in [-0.05, 0) is 45.2 Å². The van der Waals surface area contributed by atoms with E-state index < -0.39 is 0 Å². The van der Waals surface area contributed by atoms with Crippen molar-refractivity contribution in [3.05, 3.63) is 0 Å². The zero-order valence-electron chi connectivity index (χ0n) is 11.6. The Morgan fingerprint density at radius 3 is 2.61 bits per heavy atom. The molecule has 2 rings (SSSR count). The Balaban J connectivity index is 0.00000162. The molecule has 0 aromatic carbocycles. The van der Waals surface area contributed by atoms with Crippen LogP contribution in [0, 0.1) is 5.92 Å². The lowest BCUT2D eigenvalue weighted by molar-refractivity contribution is 0.343. The molecule has 0 spiro atoms. The van der Waals surface area contributed by atoms with E-state index in [0.29, 0.717) is 6.04 Å². The summed E-state index contributed by atoms with van der Waals surface area (Å²) in [5.41, 5.74) is 0. The lowest BCUT2D eigenvalue weighted by Gasteiger charge is -2.13. The van der Waals surface area contributed by atoms with Crippen molar-refractivity contribution in [3.8, 4) is 0 Å². The van der Waals surface area contributed by atoms with Gasteiger partial charge in [0.2, 0.25) is 0 Å². The van der Waals surface area contributed by atoms with Crippen LogP contribution in [0.15, 0.2) is 4.99 Å². The standard InChI is InChI=1S/C13H26N4.HI/c1-3-14-13(16-12-5-6-12)15-9-11-7-8-17(4-2)10-11;/h11-12H,3-10H2,1-2H3,(H2,14,15,16);1H. The van der Waals surface area contributed by atoms with Crippen molar-refractivity contribution in [2.24, 2.45) is 10.9 Å². The molecule has 4 nitrogen and oxygen atoms in total. The number of rotatable bonds is 5. The summed E-state index contributed by atoms with van der Waals surface area (Å²) >= 11 is 0. The fourth-order valence-electron chi connectivity index (χ4n) is 2.31. The van der Waals surface area contributed by atoms with Crippen LogP contribution in [-0.2, 0) is 0 Å². The molecule has 0 aromatic rings. The van der Waals surface area contributed by atoms with Gasteiger partial charge < -0.3 is 15.5 Å². The Morgan fingerprint density at radius 1 is 1.28 bits per heavy atom. The van der Waals surface area contributed by atoms with E-state index in [1.807, 2.05) is 0 Å². The first-order chi connectivity index (χ1) is 8.31. The van der Waals surface area contributed by atoms with Crippen LogP contribution in [0.4, 0.5) is 0 Å². The van der Waals surface area contributed by atoms with E-state index in [4.69, 9.17) is 4.99 Å². The van der Waals surface area contributed by atoms with E-state index in [1.165, 1.54) is 38.9 Å². The Kier molecular flexibility index (Phi) is 7.29. The third-order valence-corrected chi connectivity index (χ3v) is 3.59. The van der Waals surface area contributed by atoms with Crippen LogP contribution >= 0.6 is 24.0 Å². The molecule has 5 heteroatoms. The number of hydrogen-bond acceptors (Lipinski definition) is 2. The molecule has 1 unspecified atom stereocenters. The number of hydrogen-bond donors (Lipinski definition) is 2. The molecule has 2 fully saturated rings. The molecule has 2 N–H and O–H groups in total. The Morgan fingerprint density at radius 2 is 2.06 bits per heavy atom. The largest absolute Gasteiger partial charge is 0.357 e. The van der Waals surface area contributed by atoms with E-state index in [9.17, 15) is 0 Å². The average Bonchev–Trinajstić information content (AvgIpc) is 3.03. The van der Waals surface area contributed by atoms with E-state index in [2.05, 4.69) is 29.4 Å². The number of aliphatic imine (C=N–C) groups is 1. The lowest BCUT2D eigenvalue weighted by Crippen LogP contribution is -2.39. The van der Waals surface area contributed by atoms with Gasteiger partial charge in [-0.2, -0.15) is 0 Å². The fraction of sp³-hybridized carbons (Fsp3) is 0.923. The smallest absolute Gasteiger partial charge is 0.191 e. The monoisotopic (exact) mass is 366 g/mol. The van der Waals surface area contributed by atoms with Crippen LogP contribution in [0.3, 0.4) is 0 Å². The number of nitrogens with one attached hydrogen (secondary N) is 2. The van der Waals surface area contributed by atoms with Crippen molar-refractivity contribution < 1.29 is 0 Å². The minimum atomic E-state index is 0. The molecule has 0 bridgehead atoms. The Labute approximate surface area is 128 Å². The van der Waals surface area contributed by atoms with Crippen LogP contribution < -0.4 is 10.6 Å². The van der Waals surface area contributed by atoms with E-state index >= 15 is 0 Å². The molecule has 18 heavy (non-hydrogen) atoms. The van der Waals surface area contributed by atoms with Crippen molar-refractivity contribution in [3.63, 3.8) is 0 Å². The second-order valence-corrected chi connectivity index (χ2v) is 5.19. The van der Waals surface area contributed by atoms with Gasteiger partial charge in [-0.3, -0.25) is 4.99 Å². The van der Waals surface area contributed by atoms with Gasteiger partial charge in [0, 0.05) is 25.7 Å². The molecule has 1 saturated heterocycles.